The van der Waals surface area contributed by atoms with Crippen LogP contribution in [0.15, 0.2) is 107 Å². The van der Waals surface area contributed by atoms with E-state index in [-0.39, 0.29) is 10.3 Å². The molecule has 1 atom stereocenters. The van der Waals surface area contributed by atoms with Gasteiger partial charge >= 0.3 is 0 Å². The number of benzene rings is 3. The number of aromatic hydroxyl groups is 1. The van der Waals surface area contributed by atoms with Gasteiger partial charge in [0.15, 0.2) is 0 Å². The van der Waals surface area contributed by atoms with Crippen LogP contribution >= 0.6 is 0 Å². The molecule has 0 saturated carbocycles. The molecule has 5 rings (SSSR count). The van der Waals surface area contributed by atoms with E-state index < -0.39 is 0 Å². The summed E-state index contributed by atoms with van der Waals surface area (Å²) >= 11 is 0. The number of hydrogen-bond acceptors (Lipinski definition) is 5. The standard InChI is InChI=1S/C24H18N4O2/c25-28-14-13-26-16-22(28)23(18-5-4-6-19(29)15-18)27-24(28)17-9-11-21(12-10-17)30-20-7-2-1-3-8-20/h1-16H,25H2/p+1. The van der Waals surface area contributed by atoms with E-state index in [2.05, 4.69) is 4.99 Å². The summed E-state index contributed by atoms with van der Waals surface area (Å²) in [5.41, 5.74) is 3.06. The van der Waals surface area contributed by atoms with Crippen molar-refractivity contribution in [2.45, 2.75) is 0 Å². The van der Waals surface area contributed by atoms with E-state index in [9.17, 15) is 5.11 Å². The smallest absolute Gasteiger partial charge is 0.265 e. The lowest BCUT2D eigenvalue weighted by atomic mass is 10.1. The lowest BCUT2D eigenvalue weighted by Gasteiger charge is -2.26. The van der Waals surface area contributed by atoms with Crippen LogP contribution in [0.1, 0.15) is 11.1 Å². The van der Waals surface area contributed by atoms with E-state index in [0.717, 1.165) is 28.3 Å². The van der Waals surface area contributed by atoms with Gasteiger partial charge in [-0.3, -0.25) is 4.99 Å². The third-order valence-electron chi connectivity index (χ3n) is 5.01. The van der Waals surface area contributed by atoms with Gasteiger partial charge in [0.1, 0.15) is 29.1 Å². The number of aliphatic imine (C=N–C) groups is 2. The molecule has 0 aliphatic carbocycles. The Balaban J connectivity index is 1.52. The van der Waals surface area contributed by atoms with Crippen molar-refractivity contribution in [3.63, 3.8) is 0 Å². The van der Waals surface area contributed by atoms with Gasteiger partial charge in [-0.25, -0.2) is 0 Å². The number of phenols is 1. The van der Waals surface area contributed by atoms with Gasteiger partial charge in [-0.2, -0.15) is 10.8 Å². The number of fused-ring (bicyclic) bond motifs is 1. The summed E-state index contributed by atoms with van der Waals surface area (Å²) in [5.74, 6) is 9.08. The second kappa shape index (κ2) is 7.11. The second-order valence-electron chi connectivity index (χ2n) is 7.01. The Kier molecular flexibility index (Phi) is 4.28. The Bertz CT molecular complexity index is 1230. The number of phenolic OH excluding ortho intramolecular Hbond substituents is 1. The van der Waals surface area contributed by atoms with Gasteiger partial charge < -0.3 is 9.84 Å². The second-order valence-corrected chi connectivity index (χ2v) is 7.01. The lowest BCUT2D eigenvalue weighted by Crippen LogP contribution is -2.53. The van der Waals surface area contributed by atoms with Crippen molar-refractivity contribution >= 4 is 17.7 Å². The molecule has 1 unspecified atom stereocenters. The van der Waals surface area contributed by atoms with Crippen molar-refractivity contribution < 1.29 is 14.4 Å². The number of ether oxygens (including phenoxy) is 1. The van der Waals surface area contributed by atoms with Crippen molar-refractivity contribution in [3.05, 3.63) is 108 Å². The van der Waals surface area contributed by atoms with Crippen LogP contribution in [-0.2, 0) is 0 Å². The summed E-state index contributed by atoms with van der Waals surface area (Å²) < 4.78 is 5.79. The van der Waals surface area contributed by atoms with Gasteiger partial charge in [-0.05, 0) is 48.5 Å². The van der Waals surface area contributed by atoms with Crippen LogP contribution in [0.4, 0.5) is 0 Å². The molecule has 0 saturated heterocycles. The monoisotopic (exact) mass is 395 g/mol. The number of amidine groups is 1. The minimum absolute atomic E-state index is 0.0899. The van der Waals surface area contributed by atoms with E-state index in [0.29, 0.717) is 11.5 Å². The molecule has 3 aromatic rings. The minimum Gasteiger partial charge on any atom is -0.508 e. The summed E-state index contributed by atoms with van der Waals surface area (Å²) in [7, 11) is 0. The highest BCUT2D eigenvalue weighted by Crippen LogP contribution is 2.37. The molecular formula is C24H19N4O2+. The fourth-order valence-corrected chi connectivity index (χ4v) is 3.54. The quantitative estimate of drug-likeness (QED) is 0.502. The van der Waals surface area contributed by atoms with Crippen LogP contribution in [-0.4, -0.2) is 21.7 Å². The average molecular weight is 395 g/mol. The highest BCUT2D eigenvalue weighted by Gasteiger charge is 2.44. The first-order chi connectivity index (χ1) is 14.6. The first-order valence-electron chi connectivity index (χ1n) is 9.48. The molecule has 30 heavy (non-hydrogen) atoms. The van der Waals surface area contributed by atoms with Gasteiger partial charge in [-0.1, -0.05) is 30.3 Å². The number of para-hydroxylation sites is 1. The Morgan fingerprint density at radius 1 is 0.833 bits per heavy atom. The molecule has 146 valence electrons. The summed E-state index contributed by atoms with van der Waals surface area (Å²) in [6.45, 7) is 0. The Hall–Kier alpha value is -4.00. The van der Waals surface area contributed by atoms with Crippen molar-refractivity contribution in [1.82, 2.24) is 0 Å². The van der Waals surface area contributed by atoms with Crippen LogP contribution in [0.5, 0.6) is 17.2 Å². The zero-order chi connectivity index (χ0) is 20.6. The molecule has 0 fully saturated rings. The maximum atomic E-state index is 9.90. The molecule has 0 spiro atoms. The van der Waals surface area contributed by atoms with Crippen molar-refractivity contribution in [3.8, 4) is 17.2 Å². The van der Waals surface area contributed by atoms with Crippen molar-refractivity contribution in [2.24, 2.45) is 15.8 Å². The maximum absolute atomic E-state index is 9.90. The van der Waals surface area contributed by atoms with E-state index in [4.69, 9.17) is 15.6 Å². The lowest BCUT2D eigenvalue weighted by molar-refractivity contribution is -0.749. The predicted octanol–water partition coefficient (Wildman–Crippen LogP) is 4.56. The highest BCUT2D eigenvalue weighted by molar-refractivity contribution is 6.06. The van der Waals surface area contributed by atoms with Crippen LogP contribution in [0.25, 0.3) is 5.70 Å². The molecule has 3 N–H and O–H groups in total. The zero-order valence-corrected chi connectivity index (χ0v) is 16.0. The van der Waals surface area contributed by atoms with Crippen LogP contribution in [0, 0.1) is 0 Å². The number of quaternary nitrogens is 1. The fraction of sp³-hybridized carbons (Fsp3) is 0. The Morgan fingerprint density at radius 3 is 2.37 bits per heavy atom. The van der Waals surface area contributed by atoms with Crippen LogP contribution < -0.4 is 10.6 Å². The van der Waals surface area contributed by atoms with Gasteiger partial charge in [0.2, 0.25) is 5.70 Å². The molecule has 0 aromatic heterocycles. The normalized spacial score (nSPS) is 19.6. The number of rotatable bonds is 4. The number of nitrogens with zero attached hydrogens (tertiary/aromatic N) is 3. The summed E-state index contributed by atoms with van der Waals surface area (Å²) in [4.78, 5) is 9.09. The molecular weight excluding hydrogens is 376 g/mol. The molecule has 6 nitrogen and oxygen atoms in total. The van der Waals surface area contributed by atoms with E-state index in [1.807, 2.05) is 60.7 Å². The first-order valence-corrected chi connectivity index (χ1v) is 9.48. The molecule has 6 heteroatoms. The molecule has 3 aromatic carbocycles. The largest absolute Gasteiger partial charge is 0.508 e. The fourth-order valence-electron chi connectivity index (χ4n) is 3.54. The third-order valence-corrected chi connectivity index (χ3v) is 5.01. The molecule has 0 radical (unpaired) electrons. The Morgan fingerprint density at radius 2 is 1.60 bits per heavy atom. The number of hydrogen-bond donors (Lipinski definition) is 2. The van der Waals surface area contributed by atoms with E-state index in [1.165, 1.54) is 0 Å². The minimum atomic E-state index is -0.0899. The first kappa shape index (κ1) is 18.1. The van der Waals surface area contributed by atoms with Crippen molar-refractivity contribution in [2.75, 3.05) is 0 Å². The van der Waals surface area contributed by atoms with E-state index >= 15 is 0 Å². The molecule has 2 aliphatic rings. The maximum Gasteiger partial charge on any atom is 0.265 e. The number of nitrogens with two attached hydrogens (primary N) is 1. The average Bonchev–Trinajstić information content (AvgIpc) is 3.08. The molecule has 0 amide bonds. The summed E-state index contributed by atoms with van der Waals surface area (Å²) in [6.07, 6.45) is 5.17. The SMILES string of the molecule is N[N+]12C=CN=CC1=C(c1cccc(O)c1)N=C2c1ccc(Oc2ccccc2)cc1. The van der Waals surface area contributed by atoms with Gasteiger partial charge in [0, 0.05) is 5.56 Å². The molecule has 0 bridgehead atoms. The van der Waals surface area contributed by atoms with Crippen molar-refractivity contribution in [1.29, 1.82) is 0 Å². The van der Waals surface area contributed by atoms with Gasteiger partial charge in [0.25, 0.3) is 5.84 Å². The van der Waals surface area contributed by atoms with Crippen LogP contribution in [0.3, 0.4) is 0 Å². The Labute approximate surface area is 173 Å². The summed E-state index contributed by atoms with van der Waals surface area (Å²) in [6, 6.07) is 24.2. The van der Waals surface area contributed by atoms with Gasteiger partial charge in [-0.15, -0.1) is 4.59 Å². The third kappa shape index (κ3) is 3.10. The highest BCUT2D eigenvalue weighted by atomic mass is 16.5. The predicted molar refractivity (Wildman–Crippen MR) is 117 cm³/mol. The number of allylic oxidation sites excluding steroid dienone is 1. The van der Waals surface area contributed by atoms with E-state index in [1.54, 1.807) is 36.8 Å². The molecule has 2 heterocycles. The summed E-state index contributed by atoms with van der Waals surface area (Å²) in [5, 5.41) is 9.90. The van der Waals surface area contributed by atoms with Crippen LogP contribution in [0.2, 0.25) is 0 Å². The topological polar surface area (TPSA) is 80.2 Å². The zero-order valence-electron chi connectivity index (χ0n) is 16.0. The molecule has 2 aliphatic heterocycles. The van der Waals surface area contributed by atoms with Gasteiger partial charge in [0.05, 0.1) is 18.0 Å².